The summed E-state index contributed by atoms with van der Waals surface area (Å²) in [6.45, 7) is 5.41. The molecule has 19 heavy (non-hydrogen) atoms. The monoisotopic (exact) mass is 266 g/mol. The van der Waals surface area contributed by atoms with Gasteiger partial charge < -0.3 is 14.8 Å². The Morgan fingerprint density at radius 1 is 1.37 bits per heavy atom. The molecule has 0 unspecified atom stereocenters. The van der Waals surface area contributed by atoms with Crippen molar-refractivity contribution >= 4 is 5.97 Å². The normalized spacial score (nSPS) is 23.5. The molecule has 0 atom stereocenters. The van der Waals surface area contributed by atoms with E-state index in [0.717, 1.165) is 49.6 Å². The number of aliphatic carboxylic acids is 1. The largest absolute Gasteiger partial charge is 0.481 e. The van der Waals surface area contributed by atoms with Gasteiger partial charge in [0.25, 0.3) is 0 Å². The van der Waals surface area contributed by atoms with Crippen LogP contribution in [-0.4, -0.2) is 22.6 Å². The number of rotatable bonds is 5. The Balaban J connectivity index is 1.68. The Morgan fingerprint density at radius 3 is 2.58 bits per heavy atom. The van der Waals surface area contributed by atoms with Gasteiger partial charge in [0.15, 0.2) is 0 Å². The zero-order chi connectivity index (χ0) is 13.8. The van der Waals surface area contributed by atoms with Gasteiger partial charge >= 0.3 is 5.97 Å². The van der Waals surface area contributed by atoms with Crippen molar-refractivity contribution in [2.75, 3.05) is 6.54 Å². The second kappa shape index (κ2) is 6.19. The fraction of sp³-hybridized carbons (Fsp3) is 0.714. The van der Waals surface area contributed by atoms with Crippen LogP contribution in [0.3, 0.4) is 0 Å². The molecule has 5 nitrogen and oxygen atoms in total. The first-order chi connectivity index (χ1) is 9.06. The molecule has 2 N–H and O–H groups in total. The number of hydrogen-bond acceptors (Lipinski definition) is 4. The van der Waals surface area contributed by atoms with E-state index in [2.05, 4.69) is 10.3 Å². The molecule has 5 heteroatoms. The third kappa shape index (κ3) is 3.80. The highest BCUT2D eigenvalue weighted by Gasteiger charge is 2.25. The highest BCUT2D eigenvalue weighted by Crippen LogP contribution is 2.28. The highest BCUT2D eigenvalue weighted by molar-refractivity contribution is 5.69. The Morgan fingerprint density at radius 2 is 2.05 bits per heavy atom. The van der Waals surface area contributed by atoms with E-state index in [-0.39, 0.29) is 5.92 Å². The maximum atomic E-state index is 10.9. The molecule has 106 valence electrons. The second-order valence-corrected chi connectivity index (χ2v) is 5.44. The summed E-state index contributed by atoms with van der Waals surface area (Å²) in [5, 5.41) is 12.3. The summed E-state index contributed by atoms with van der Waals surface area (Å²) in [4.78, 5) is 15.2. The van der Waals surface area contributed by atoms with Gasteiger partial charge in [-0.2, -0.15) is 0 Å². The molecule has 1 aliphatic rings. The minimum absolute atomic E-state index is 0.131. The first-order valence-corrected chi connectivity index (χ1v) is 6.92. The van der Waals surface area contributed by atoms with Gasteiger partial charge in [0.1, 0.15) is 5.76 Å². The molecule has 1 saturated carbocycles. The predicted molar refractivity (Wildman–Crippen MR) is 70.8 cm³/mol. The van der Waals surface area contributed by atoms with Gasteiger partial charge in [-0.25, -0.2) is 4.98 Å². The maximum Gasteiger partial charge on any atom is 0.306 e. The molecule has 1 fully saturated rings. The lowest BCUT2D eigenvalue weighted by molar-refractivity contribution is -0.143. The molecule has 0 radical (unpaired) electrons. The van der Waals surface area contributed by atoms with E-state index >= 15 is 0 Å². The Labute approximate surface area is 113 Å². The molecule has 2 rings (SSSR count). The van der Waals surface area contributed by atoms with E-state index in [1.165, 1.54) is 0 Å². The first kappa shape index (κ1) is 14.1. The Kier molecular flexibility index (Phi) is 4.58. The van der Waals surface area contributed by atoms with Crippen LogP contribution in [0.25, 0.3) is 0 Å². The quantitative estimate of drug-likeness (QED) is 0.855. The van der Waals surface area contributed by atoms with Gasteiger partial charge in [-0.3, -0.25) is 4.79 Å². The fourth-order valence-corrected chi connectivity index (χ4v) is 2.61. The molecule has 1 heterocycles. The maximum absolute atomic E-state index is 10.9. The molecule has 0 amide bonds. The van der Waals surface area contributed by atoms with Crippen molar-refractivity contribution in [1.29, 1.82) is 0 Å². The predicted octanol–water partition coefficient (Wildman–Crippen LogP) is 2.27. The topological polar surface area (TPSA) is 75.4 Å². The Bertz CT molecular complexity index is 414. The number of oxazole rings is 1. The summed E-state index contributed by atoms with van der Waals surface area (Å²) in [6.07, 6.45) is 3.60. The molecule has 0 saturated heterocycles. The van der Waals surface area contributed by atoms with Gasteiger partial charge in [-0.1, -0.05) is 0 Å². The van der Waals surface area contributed by atoms with E-state index in [0.29, 0.717) is 12.5 Å². The van der Waals surface area contributed by atoms with E-state index in [1.807, 2.05) is 13.8 Å². The van der Waals surface area contributed by atoms with Crippen LogP contribution in [0.15, 0.2) is 4.42 Å². The van der Waals surface area contributed by atoms with E-state index in [9.17, 15) is 4.79 Å². The number of nitrogens with zero attached hydrogens (tertiary/aromatic N) is 1. The lowest BCUT2D eigenvalue weighted by Crippen LogP contribution is -2.28. The molecule has 0 bridgehead atoms. The lowest BCUT2D eigenvalue weighted by atomic mass is 9.82. The average molecular weight is 266 g/mol. The summed E-state index contributed by atoms with van der Waals surface area (Å²) in [6, 6.07) is 0. The number of hydrogen-bond donors (Lipinski definition) is 2. The number of aryl methyl sites for hydroxylation is 2. The van der Waals surface area contributed by atoms with Crippen LogP contribution < -0.4 is 5.32 Å². The zero-order valence-electron chi connectivity index (χ0n) is 11.6. The fourth-order valence-electron chi connectivity index (χ4n) is 2.61. The third-order valence-corrected chi connectivity index (χ3v) is 3.98. The van der Waals surface area contributed by atoms with Crippen LogP contribution in [-0.2, 0) is 11.3 Å². The van der Waals surface area contributed by atoms with E-state index < -0.39 is 5.97 Å². The lowest BCUT2D eigenvalue weighted by Gasteiger charge is -2.26. The highest BCUT2D eigenvalue weighted by atomic mass is 16.4. The van der Waals surface area contributed by atoms with E-state index in [1.54, 1.807) is 0 Å². The minimum atomic E-state index is -0.642. The summed E-state index contributed by atoms with van der Waals surface area (Å²) < 4.78 is 5.50. The van der Waals surface area contributed by atoms with Crippen LogP contribution in [0.4, 0.5) is 0 Å². The Hall–Kier alpha value is -1.36. The number of carbonyl (C=O) groups is 1. The molecule has 1 aliphatic carbocycles. The number of aromatic nitrogens is 1. The SMILES string of the molecule is Cc1nc(CNCC2CCC(C(=O)O)CC2)oc1C. The van der Waals surface area contributed by atoms with Crippen LogP contribution in [0.2, 0.25) is 0 Å². The summed E-state index contributed by atoms with van der Waals surface area (Å²) in [7, 11) is 0. The summed E-state index contributed by atoms with van der Waals surface area (Å²) in [5.41, 5.74) is 0.943. The van der Waals surface area contributed by atoms with Crippen molar-refractivity contribution < 1.29 is 14.3 Å². The third-order valence-electron chi connectivity index (χ3n) is 3.98. The minimum Gasteiger partial charge on any atom is -0.481 e. The van der Waals surface area contributed by atoms with Gasteiger partial charge in [0.05, 0.1) is 18.2 Å². The molecular weight excluding hydrogens is 244 g/mol. The van der Waals surface area contributed by atoms with Gasteiger partial charge in [0, 0.05) is 0 Å². The molecule has 0 aromatic carbocycles. The van der Waals surface area contributed by atoms with Crippen LogP contribution in [0.1, 0.15) is 43.0 Å². The van der Waals surface area contributed by atoms with Crippen molar-refractivity contribution in [1.82, 2.24) is 10.3 Å². The van der Waals surface area contributed by atoms with Crippen molar-refractivity contribution in [2.45, 2.75) is 46.1 Å². The van der Waals surface area contributed by atoms with Crippen LogP contribution in [0.5, 0.6) is 0 Å². The first-order valence-electron chi connectivity index (χ1n) is 6.92. The molecule has 0 aliphatic heterocycles. The zero-order valence-corrected chi connectivity index (χ0v) is 11.6. The van der Waals surface area contributed by atoms with Gasteiger partial charge in [-0.15, -0.1) is 0 Å². The number of nitrogens with one attached hydrogen (secondary N) is 1. The molecule has 0 spiro atoms. The number of carboxylic acid groups (broad SMARTS) is 1. The van der Waals surface area contributed by atoms with Gasteiger partial charge in [-0.05, 0) is 52.0 Å². The van der Waals surface area contributed by atoms with Crippen molar-refractivity contribution in [2.24, 2.45) is 11.8 Å². The van der Waals surface area contributed by atoms with E-state index in [4.69, 9.17) is 9.52 Å². The molecule has 1 aromatic heterocycles. The van der Waals surface area contributed by atoms with Crippen molar-refractivity contribution in [3.8, 4) is 0 Å². The summed E-state index contributed by atoms with van der Waals surface area (Å²) >= 11 is 0. The van der Waals surface area contributed by atoms with Crippen molar-refractivity contribution in [3.63, 3.8) is 0 Å². The smallest absolute Gasteiger partial charge is 0.306 e. The standard InChI is InChI=1S/C14H22N2O3/c1-9-10(2)19-13(16-9)8-15-7-11-3-5-12(6-4-11)14(17)18/h11-12,15H,3-8H2,1-2H3,(H,17,18). The summed E-state index contributed by atoms with van der Waals surface area (Å²) in [5.74, 6) is 1.41. The second-order valence-electron chi connectivity index (χ2n) is 5.44. The average Bonchev–Trinajstić information content (AvgIpc) is 2.69. The number of carboxylic acids is 1. The van der Waals surface area contributed by atoms with Crippen molar-refractivity contribution in [3.05, 3.63) is 17.3 Å². The van der Waals surface area contributed by atoms with Crippen LogP contribution in [0, 0.1) is 25.7 Å². The molecular formula is C14H22N2O3. The van der Waals surface area contributed by atoms with Crippen LogP contribution >= 0.6 is 0 Å². The molecule has 1 aromatic rings. The van der Waals surface area contributed by atoms with Gasteiger partial charge in [0.2, 0.25) is 5.89 Å².